The number of likely N-dealkylation sites (tertiary alicyclic amines) is 2. The van der Waals surface area contributed by atoms with Crippen LogP contribution in [-0.2, 0) is 16.1 Å². The molecule has 0 spiro atoms. The molecular formula is C22H34N2O5. The maximum absolute atomic E-state index is 11.6. The van der Waals surface area contributed by atoms with E-state index in [-0.39, 0.29) is 24.6 Å². The smallest absolute Gasteiger partial charge is 0.308 e. The van der Waals surface area contributed by atoms with Gasteiger partial charge in [0.05, 0.1) is 19.1 Å². The van der Waals surface area contributed by atoms with Crippen molar-refractivity contribution in [3.05, 3.63) is 29.8 Å². The highest BCUT2D eigenvalue weighted by molar-refractivity contribution is 5.72. The number of piperidine rings is 2. The number of esters is 1. The fourth-order valence-corrected chi connectivity index (χ4v) is 4.13. The van der Waals surface area contributed by atoms with Crippen LogP contribution in [0.4, 0.5) is 0 Å². The first kappa shape index (κ1) is 22.0. The number of carbonyl (C=O) groups is 1. The molecule has 2 heterocycles. The summed E-state index contributed by atoms with van der Waals surface area (Å²) in [5.74, 6) is 0.618. The monoisotopic (exact) mass is 406 g/mol. The zero-order valence-corrected chi connectivity index (χ0v) is 17.3. The number of carbonyl (C=O) groups excluding carboxylic acids is 1. The van der Waals surface area contributed by atoms with E-state index in [1.54, 1.807) is 0 Å². The second-order valence-corrected chi connectivity index (χ2v) is 8.22. The fraction of sp³-hybridized carbons (Fsp3) is 0.682. The lowest BCUT2D eigenvalue weighted by molar-refractivity contribution is -0.147. The van der Waals surface area contributed by atoms with Gasteiger partial charge in [-0.2, -0.15) is 0 Å². The Morgan fingerprint density at radius 2 is 1.83 bits per heavy atom. The minimum absolute atomic E-state index is 0.0180. The molecule has 0 unspecified atom stereocenters. The highest BCUT2D eigenvalue weighted by Gasteiger charge is 2.26. The number of methoxy groups -OCH3 is 1. The van der Waals surface area contributed by atoms with E-state index in [2.05, 4.69) is 15.9 Å². The van der Waals surface area contributed by atoms with Gasteiger partial charge >= 0.3 is 5.97 Å². The van der Waals surface area contributed by atoms with Crippen LogP contribution in [0.5, 0.6) is 5.75 Å². The van der Waals surface area contributed by atoms with E-state index in [0.717, 1.165) is 64.2 Å². The first-order valence-electron chi connectivity index (χ1n) is 10.6. The van der Waals surface area contributed by atoms with Crippen molar-refractivity contribution < 1.29 is 24.5 Å². The number of aliphatic hydroxyl groups excluding tert-OH is 2. The normalized spacial score (nSPS) is 21.1. The second-order valence-electron chi connectivity index (χ2n) is 8.22. The number of aliphatic hydroxyl groups is 2. The van der Waals surface area contributed by atoms with E-state index < -0.39 is 6.10 Å². The standard InChI is InChI=1S/C22H34N2O5/c1-28-22(27)18-5-9-24(10-6-18)15-20(26)16-29-21-4-2-3-17(13-21)14-23-11-7-19(25)8-12-23/h2-4,13,18-20,25-26H,5-12,14-16H2,1H3/t20-/m0/s1. The average Bonchev–Trinajstić information content (AvgIpc) is 2.74. The summed E-state index contributed by atoms with van der Waals surface area (Å²) in [5, 5.41) is 20.0. The summed E-state index contributed by atoms with van der Waals surface area (Å²) in [7, 11) is 1.43. The highest BCUT2D eigenvalue weighted by atomic mass is 16.5. The zero-order chi connectivity index (χ0) is 20.6. The Morgan fingerprint density at radius 3 is 2.52 bits per heavy atom. The van der Waals surface area contributed by atoms with Gasteiger partial charge in [-0.25, -0.2) is 0 Å². The molecule has 2 saturated heterocycles. The third-order valence-corrected chi connectivity index (χ3v) is 5.90. The molecule has 2 aliphatic rings. The van der Waals surface area contributed by atoms with Crippen molar-refractivity contribution in [3.8, 4) is 5.75 Å². The summed E-state index contributed by atoms with van der Waals surface area (Å²) in [4.78, 5) is 16.1. The number of rotatable bonds is 8. The molecule has 1 aromatic rings. The van der Waals surface area contributed by atoms with E-state index in [4.69, 9.17) is 9.47 Å². The molecule has 7 heteroatoms. The summed E-state index contributed by atoms with van der Waals surface area (Å²) in [6, 6.07) is 8.00. The van der Waals surface area contributed by atoms with Gasteiger partial charge in [-0.3, -0.25) is 9.69 Å². The Balaban J connectivity index is 1.39. The van der Waals surface area contributed by atoms with E-state index in [1.807, 2.05) is 18.2 Å². The highest BCUT2D eigenvalue weighted by Crippen LogP contribution is 2.20. The fourth-order valence-electron chi connectivity index (χ4n) is 4.13. The lowest BCUT2D eigenvalue weighted by Crippen LogP contribution is -2.42. The largest absolute Gasteiger partial charge is 0.491 e. The lowest BCUT2D eigenvalue weighted by Gasteiger charge is -2.31. The van der Waals surface area contributed by atoms with E-state index in [0.29, 0.717) is 6.54 Å². The number of ether oxygens (including phenoxy) is 2. The van der Waals surface area contributed by atoms with Gasteiger partial charge in [0.1, 0.15) is 18.5 Å². The molecule has 0 bridgehead atoms. The quantitative estimate of drug-likeness (QED) is 0.629. The Morgan fingerprint density at radius 1 is 1.14 bits per heavy atom. The molecule has 7 nitrogen and oxygen atoms in total. The van der Waals surface area contributed by atoms with Gasteiger partial charge in [0.25, 0.3) is 0 Å². The van der Waals surface area contributed by atoms with Crippen molar-refractivity contribution in [1.29, 1.82) is 0 Å². The van der Waals surface area contributed by atoms with Crippen LogP contribution in [0.3, 0.4) is 0 Å². The summed E-state index contributed by atoms with van der Waals surface area (Å²) in [5.41, 5.74) is 1.18. The number of hydrogen-bond acceptors (Lipinski definition) is 7. The Hall–Kier alpha value is -1.67. The molecule has 2 aliphatic heterocycles. The van der Waals surface area contributed by atoms with Gasteiger partial charge in [-0.15, -0.1) is 0 Å². The van der Waals surface area contributed by atoms with Gasteiger partial charge in [-0.05, 0) is 56.5 Å². The van der Waals surface area contributed by atoms with Crippen LogP contribution in [0.2, 0.25) is 0 Å². The molecule has 0 aromatic heterocycles. The number of hydrogen-bond donors (Lipinski definition) is 2. The zero-order valence-electron chi connectivity index (χ0n) is 17.3. The third-order valence-electron chi connectivity index (χ3n) is 5.90. The molecule has 0 radical (unpaired) electrons. The Labute approximate surface area is 173 Å². The van der Waals surface area contributed by atoms with Crippen LogP contribution in [0, 0.1) is 5.92 Å². The molecule has 2 N–H and O–H groups in total. The Bertz CT molecular complexity index is 640. The van der Waals surface area contributed by atoms with Crippen molar-refractivity contribution in [3.63, 3.8) is 0 Å². The molecule has 162 valence electrons. The van der Waals surface area contributed by atoms with E-state index in [1.165, 1.54) is 12.7 Å². The minimum Gasteiger partial charge on any atom is -0.491 e. The molecule has 1 atom stereocenters. The average molecular weight is 407 g/mol. The SMILES string of the molecule is COC(=O)C1CCN(C[C@H](O)COc2cccc(CN3CCC(O)CC3)c2)CC1. The summed E-state index contributed by atoms with van der Waals surface area (Å²) >= 11 is 0. The number of benzene rings is 1. The van der Waals surface area contributed by atoms with Crippen molar-refractivity contribution >= 4 is 5.97 Å². The maximum atomic E-state index is 11.6. The van der Waals surface area contributed by atoms with Crippen LogP contribution in [0.1, 0.15) is 31.2 Å². The lowest BCUT2D eigenvalue weighted by atomic mass is 9.97. The van der Waals surface area contributed by atoms with Crippen LogP contribution >= 0.6 is 0 Å². The van der Waals surface area contributed by atoms with Crippen LogP contribution < -0.4 is 4.74 Å². The predicted octanol–water partition coefficient (Wildman–Crippen LogP) is 1.27. The number of nitrogens with zero attached hydrogens (tertiary/aromatic N) is 2. The van der Waals surface area contributed by atoms with Crippen LogP contribution in [0.25, 0.3) is 0 Å². The molecule has 3 rings (SSSR count). The minimum atomic E-state index is -0.572. The van der Waals surface area contributed by atoms with Crippen LogP contribution in [0.15, 0.2) is 24.3 Å². The Kier molecular flexibility index (Phi) is 8.29. The van der Waals surface area contributed by atoms with Gasteiger partial charge in [0.2, 0.25) is 0 Å². The van der Waals surface area contributed by atoms with Crippen molar-refractivity contribution in [2.24, 2.45) is 5.92 Å². The molecule has 2 fully saturated rings. The van der Waals surface area contributed by atoms with Crippen molar-refractivity contribution in [2.75, 3.05) is 46.4 Å². The van der Waals surface area contributed by atoms with E-state index in [9.17, 15) is 15.0 Å². The maximum Gasteiger partial charge on any atom is 0.308 e. The summed E-state index contributed by atoms with van der Waals surface area (Å²) in [6.45, 7) is 5.05. The molecular weight excluding hydrogens is 372 g/mol. The van der Waals surface area contributed by atoms with Gasteiger partial charge in [0.15, 0.2) is 0 Å². The molecule has 1 aromatic carbocycles. The molecule has 0 saturated carbocycles. The molecule has 29 heavy (non-hydrogen) atoms. The number of β-amino-alcohol motifs (C(OH)–C–C–N with tert-alkyl or cyclic N) is 1. The second kappa shape index (κ2) is 10.9. The van der Waals surface area contributed by atoms with Crippen LogP contribution in [-0.4, -0.2) is 84.6 Å². The van der Waals surface area contributed by atoms with Gasteiger partial charge < -0.3 is 24.6 Å². The molecule has 0 aliphatic carbocycles. The molecule has 0 amide bonds. The van der Waals surface area contributed by atoms with Gasteiger partial charge in [0, 0.05) is 26.2 Å². The van der Waals surface area contributed by atoms with E-state index >= 15 is 0 Å². The third kappa shape index (κ3) is 6.96. The first-order valence-corrected chi connectivity index (χ1v) is 10.6. The van der Waals surface area contributed by atoms with Crippen molar-refractivity contribution in [2.45, 2.75) is 44.4 Å². The summed E-state index contributed by atoms with van der Waals surface area (Å²) in [6.07, 6.45) is 2.48. The van der Waals surface area contributed by atoms with Crippen molar-refractivity contribution in [1.82, 2.24) is 9.80 Å². The van der Waals surface area contributed by atoms with Gasteiger partial charge in [-0.1, -0.05) is 12.1 Å². The predicted molar refractivity (Wildman–Crippen MR) is 110 cm³/mol. The topological polar surface area (TPSA) is 82.5 Å². The first-order chi connectivity index (χ1) is 14.0. The summed E-state index contributed by atoms with van der Waals surface area (Å²) < 4.78 is 10.6.